The normalized spacial score (nSPS) is 29.6. The molecule has 0 saturated carbocycles. The van der Waals surface area contributed by atoms with Crippen LogP contribution in [0.1, 0.15) is 33.6 Å². The average Bonchev–Trinajstić information content (AvgIpc) is 2.26. The average molecular weight is 228 g/mol. The van der Waals surface area contributed by atoms with Crippen LogP contribution in [0.5, 0.6) is 0 Å². The molecule has 1 fully saturated rings. The van der Waals surface area contributed by atoms with E-state index in [9.17, 15) is 5.11 Å². The van der Waals surface area contributed by atoms with Gasteiger partial charge in [0.25, 0.3) is 0 Å². The lowest BCUT2D eigenvalue weighted by Gasteiger charge is -2.40. The number of rotatable bonds is 5. The zero-order chi connectivity index (χ0) is 12.1. The highest BCUT2D eigenvalue weighted by Gasteiger charge is 2.30. The first-order valence-corrected chi connectivity index (χ1v) is 6.64. The summed E-state index contributed by atoms with van der Waals surface area (Å²) in [6, 6.07) is 0.540. The van der Waals surface area contributed by atoms with Crippen molar-refractivity contribution in [3.05, 3.63) is 0 Å². The van der Waals surface area contributed by atoms with E-state index in [4.69, 9.17) is 0 Å². The molecule has 0 spiro atoms. The molecule has 1 heterocycles. The standard InChI is InChI=1S/C13H28N2O/c1-5-13(16)11-6-12(14-4)9-15(8-11)7-10(2)3/h10-14,16H,5-9H2,1-4H3. The van der Waals surface area contributed by atoms with Crippen LogP contribution in [0.4, 0.5) is 0 Å². The molecule has 1 aliphatic heterocycles. The molecule has 0 bridgehead atoms. The van der Waals surface area contributed by atoms with E-state index in [-0.39, 0.29) is 6.10 Å². The van der Waals surface area contributed by atoms with Gasteiger partial charge in [0.1, 0.15) is 0 Å². The Bertz CT molecular complexity index is 196. The predicted octanol–water partition coefficient (Wildman–Crippen LogP) is 1.32. The molecule has 3 atom stereocenters. The highest BCUT2D eigenvalue weighted by Crippen LogP contribution is 2.22. The summed E-state index contributed by atoms with van der Waals surface area (Å²) < 4.78 is 0. The van der Waals surface area contributed by atoms with Crippen LogP contribution in [-0.2, 0) is 0 Å². The third kappa shape index (κ3) is 4.04. The number of likely N-dealkylation sites (N-methyl/N-ethyl adjacent to an activating group) is 1. The fourth-order valence-corrected chi connectivity index (χ4v) is 2.72. The topological polar surface area (TPSA) is 35.5 Å². The van der Waals surface area contributed by atoms with Gasteiger partial charge in [-0.1, -0.05) is 20.8 Å². The van der Waals surface area contributed by atoms with Crippen LogP contribution in [0.15, 0.2) is 0 Å². The van der Waals surface area contributed by atoms with E-state index in [1.165, 1.54) is 0 Å². The first-order valence-electron chi connectivity index (χ1n) is 6.64. The van der Waals surface area contributed by atoms with Crippen molar-refractivity contribution in [3.63, 3.8) is 0 Å². The second-order valence-electron chi connectivity index (χ2n) is 5.57. The summed E-state index contributed by atoms with van der Waals surface area (Å²) in [6.45, 7) is 9.92. The van der Waals surface area contributed by atoms with E-state index < -0.39 is 0 Å². The SMILES string of the molecule is CCC(O)C1CC(NC)CN(CC(C)C)C1. The maximum Gasteiger partial charge on any atom is 0.0578 e. The summed E-state index contributed by atoms with van der Waals surface area (Å²) in [6.07, 6.45) is 1.85. The number of aliphatic hydroxyl groups excluding tert-OH is 1. The van der Waals surface area contributed by atoms with E-state index in [2.05, 4.69) is 31.0 Å². The number of hydrogen-bond acceptors (Lipinski definition) is 3. The third-order valence-electron chi connectivity index (χ3n) is 3.55. The van der Waals surface area contributed by atoms with E-state index in [1.807, 2.05) is 7.05 Å². The predicted molar refractivity (Wildman–Crippen MR) is 68.5 cm³/mol. The second kappa shape index (κ2) is 6.58. The van der Waals surface area contributed by atoms with Crippen molar-refractivity contribution in [3.8, 4) is 0 Å². The maximum atomic E-state index is 9.99. The van der Waals surface area contributed by atoms with Crippen molar-refractivity contribution in [1.29, 1.82) is 0 Å². The van der Waals surface area contributed by atoms with Gasteiger partial charge in [-0.15, -0.1) is 0 Å². The lowest BCUT2D eigenvalue weighted by atomic mass is 9.88. The van der Waals surface area contributed by atoms with Gasteiger partial charge in [0.05, 0.1) is 6.10 Å². The van der Waals surface area contributed by atoms with E-state index >= 15 is 0 Å². The monoisotopic (exact) mass is 228 g/mol. The fourth-order valence-electron chi connectivity index (χ4n) is 2.72. The first-order chi connectivity index (χ1) is 7.56. The second-order valence-corrected chi connectivity index (χ2v) is 5.57. The van der Waals surface area contributed by atoms with Gasteiger partial charge in [0.15, 0.2) is 0 Å². The largest absolute Gasteiger partial charge is 0.393 e. The fraction of sp³-hybridized carbons (Fsp3) is 1.00. The molecule has 1 saturated heterocycles. The van der Waals surface area contributed by atoms with E-state index in [1.54, 1.807) is 0 Å². The van der Waals surface area contributed by atoms with Crippen LogP contribution in [0.25, 0.3) is 0 Å². The van der Waals surface area contributed by atoms with E-state index in [0.29, 0.717) is 17.9 Å². The van der Waals surface area contributed by atoms with Crippen LogP contribution in [0.2, 0.25) is 0 Å². The van der Waals surface area contributed by atoms with Gasteiger partial charge in [-0.05, 0) is 31.7 Å². The highest BCUT2D eigenvalue weighted by atomic mass is 16.3. The van der Waals surface area contributed by atoms with Crippen molar-refractivity contribution in [1.82, 2.24) is 10.2 Å². The van der Waals surface area contributed by atoms with Gasteiger partial charge >= 0.3 is 0 Å². The van der Waals surface area contributed by atoms with Gasteiger partial charge in [0.2, 0.25) is 0 Å². The molecule has 0 aromatic rings. The highest BCUT2D eigenvalue weighted by molar-refractivity contribution is 4.86. The van der Waals surface area contributed by atoms with Crippen LogP contribution < -0.4 is 5.32 Å². The number of piperidine rings is 1. The summed E-state index contributed by atoms with van der Waals surface area (Å²) >= 11 is 0. The molecule has 0 aromatic heterocycles. The minimum Gasteiger partial charge on any atom is -0.393 e. The summed E-state index contributed by atoms with van der Waals surface area (Å²) in [5.74, 6) is 1.14. The van der Waals surface area contributed by atoms with Crippen LogP contribution in [0, 0.1) is 11.8 Å². The Morgan fingerprint density at radius 2 is 2.06 bits per heavy atom. The first kappa shape index (κ1) is 13.9. The quantitative estimate of drug-likeness (QED) is 0.745. The van der Waals surface area contributed by atoms with Crippen LogP contribution in [0.3, 0.4) is 0 Å². The van der Waals surface area contributed by atoms with E-state index in [0.717, 1.165) is 32.5 Å². The Balaban J connectivity index is 2.54. The van der Waals surface area contributed by atoms with Gasteiger partial charge in [-0.2, -0.15) is 0 Å². The summed E-state index contributed by atoms with van der Waals surface area (Å²) in [7, 11) is 2.03. The molecule has 1 rings (SSSR count). The molecule has 96 valence electrons. The number of aliphatic hydroxyl groups is 1. The molecule has 0 amide bonds. The summed E-state index contributed by atoms with van der Waals surface area (Å²) in [5, 5.41) is 13.4. The van der Waals surface area contributed by atoms with Gasteiger partial charge in [-0.25, -0.2) is 0 Å². The molecule has 2 N–H and O–H groups in total. The number of nitrogens with one attached hydrogen (secondary N) is 1. The lowest BCUT2D eigenvalue weighted by molar-refractivity contribution is 0.0330. The van der Waals surface area contributed by atoms with Crippen molar-refractivity contribution in [2.24, 2.45) is 11.8 Å². The molecule has 3 unspecified atom stereocenters. The van der Waals surface area contributed by atoms with Gasteiger partial charge in [0, 0.05) is 25.7 Å². The molecule has 0 radical (unpaired) electrons. The van der Waals surface area contributed by atoms with Crippen molar-refractivity contribution in [2.75, 3.05) is 26.7 Å². The zero-order valence-corrected chi connectivity index (χ0v) is 11.2. The maximum absolute atomic E-state index is 9.99. The zero-order valence-electron chi connectivity index (χ0n) is 11.2. The molecule has 16 heavy (non-hydrogen) atoms. The number of hydrogen-bond donors (Lipinski definition) is 2. The Labute approximate surface area is 100 Å². The van der Waals surface area contributed by atoms with Crippen molar-refractivity contribution < 1.29 is 5.11 Å². The summed E-state index contributed by atoms with van der Waals surface area (Å²) in [4.78, 5) is 2.50. The summed E-state index contributed by atoms with van der Waals surface area (Å²) in [5.41, 5.74) is 0. The minimum atomic E-state index is -0.134. The Kier molecular flexibility index (Phi) is 5.73. The molecule has 3 nitrogen and oxygen atoms in total. The Hall–Kier alpha value is -0.120. The molecule has 1 aliphatic rings. The molecular formula is C13H28N2O. The smallest absolute Gasteiger partial charge is 0.0578 e. The Morgan fingerprint density at radius 1 is 1.38 bits per heavy atom. The molecule has 0 aliphatic carbocycles. The minimum absolute atomic E-state index is 0.134. The number of nitrogens with zero attached hydrogens (tertiary/aromatic N) is 1. The number of likely N-dealkylation sites (tertiary alicyclic amines) is 1. The van der Waals surface area contributed by atoms with Crippen LogP contribution >= 0.6 is 0 Å². The molecule has 0 aromatic carbocycles. The van der Waals surface area contributed by atoms with Crippen molar-refractivity contribution >= 4 is 0 Å². The van der Waals surface area contributed by atoms with Gasteiger partial charge in [-0.3, -0.25) is 0 Å². The lowest BCUT2D eigenvalue weighted by Crippen LogP contribution is -2.51. The molecular weight excluding hydrogens is 200 g/mol. The van der Waals surface area contributed by atoms with Gasteiger partial charge < -0.3 is 15.3 Å². The van der Waals surface area contributed by atoms with Crippen molar-refractivity contribution in [2.45, 2.75) is 45.8 Å². The third-order valence-corrected chi connectivity index (χ3v) is 3.55. The van der Waals surface area contributed by atoms with Crippen LogP contribution in [-0.4, -0.2) is 48.8 Å². The Morgan fingerprint density at radius 3 is 2.56 bits per heavy atom. The molecule has 3 heteroatoms.